The molecule has 1 fully saturated rings. The van der Waals surface area contributed by atoms with E-state index in [0.717, 1.165) is 23.1 Å². The van der Waals surface area contributed by atoms with E-state index in [4.69, 9.17) is 9.47 Å². The number of benzene rings is 2. The first-order chi connectivity index (χ1) is 14.9. The quantitative estimate of drug-likeness (QED) is 0.300. The Morgan fingerprint density at radius 1 is 1.10 bits per heavy atom. The fraction of sp³-hybridized carbons (Fsp3) is 0.360. The third kappa shape index (κ3) is 4.49. The number of aryl methyl sites for hydroxylation is 2. The molecule has 6 heteroatoms. The molecule has 164 valence electrons. The number of methoxy groups -OCH3 is 2. The minimum atomic E-state index is -0.672. The highest BCUT2D eigenvalue weighted by molar-refractivity contribution is 6.46. The van der Waals surface area contributed by atoms with E-state index in [2.05, 4.69) is 6.92 Å². The number of hydrogen-bond donors (Lipinski definition) is 1. The lowest BCUT2D eigenvalue weighted by Crippen LogP contribution is -2.31. The van der Waals surface area contributed by atoms with Gasteiger partial charge in [-0.1, -0.05) is 31.2 Å². The van der Waals surface area contributed by atoms with Crippen LogP contribution in [0.1, 0.15) is 41.6 Å². The molecule has 0 aromatic heterocycles. The zero-order valence-electron chi connectivity index (χ0n) is 18.5. The summed E-state index contributed by atoms with van der Waals surface area (Å²) in [7, 11) is 3.17. The van der Waals surface area contributed by atoms with Gasteiger partial charge in [-0.15, -0.1) is 0 Å². The summed E-state index contributed by atoms with van der Waals surface area (Å²) < 4.78 is 10.4. The summed E-state index contributed by atoms with van der Waals surface area (Å²) >= 11 is 0. The molecule has 0 spiro atoms. The van der Waals surface area contributed by atoms with Crippen molar-refractivity contribution in [3.63, 3.8) is 0 Å². The van der Waals surface area contributed by atoms with Gasteiger partial charge in [-0.2, -0.15) is 0 Å². The van der Waals surface area contributed by atoms with Gasteiger partial charge in [0.2, 0.25) is 0 Å². The van der Waals surface area contributed by atoms with Crippen LogP contribution >= 0.6 is 0 Å². The summed E-state index contributed by atoms with van der Waals surface area (Å²) in [5.41, 5.74) is 3.32. The van der Waals surface area contributed by atoms with Crippen molar-refractivity contribution in [3.8, 4) is 5.75 Å². The van der Waals surface area contributed by atoms with E-state index < -0.39 is 17.7 Å². The van der Waals surface area contributed by atoms with Gasteiger partial charge in [0, 0.05) is 25.8 Å². The SMILES string of the molecule is CCc1ccc([C@@H]2/C(=C(\O)c3ccc(OC)cc3C)C(=O)C(=O)N2CCCOC)cc1. The maximum atomic E-state index is 13.0. The van der Waals surface area contributed by atoms with Crippen molar-refractivity contribution in [2.24, 2.45) is 0 Å². The number of carbonyl (C=O) groups is 2. The fourth-order valence-corrected chi connectivity index (χ4v) is 3.95. The zero-order chi connectivity index (χ0) is 22.5. The summed E-state index contributed by atoms with van der Waals surface area (Å²) in [6.07, 6.45) is 1.48. The van der Waals surface area contributed by atoms with Crippen molar-refractivity contribution in [3.05, 3.63) is 70.3 Å². The summed E-state index contributed by atoms with van der Waals surface area (Å²) in [5, 5.41) is 11.2. The number of ketones is 1. The average molecular weight is 424 g/mol. The summed E-state index contributed by atoms with van der Waals surface area (Å²) in [5.74, 6) is -0.791. The minimum absolute atomic E-state index is 0.111. The van der Waals surface area contributed by atoms with Gasteiger partial charge in [0.1, 0.15) is 11.5 Å². The molecule has 0 bridgehead atoms. The van der Waals surface area contributed by atoms with E-state index in [1.807, 2.05) is 31.2 Å². The maximum absolute atomic E-state index is 13.0. The molecule has 0 saturated carbocycles. The molecular formula is C25H29NO5. The van der Waals surface area contributed by atoms with Gasteiger partial charge in [-0.25, -0.2) is 0 Å². The van der Waals surface area contributed by atoms with Crippen LogP contribution in [-0.4, -0.2) is 49.1 Å². The van der Waals surface area contributed by atoms with Crippen LogP contribution in [0, 0.1) is 6.92 Å². The molecule has 1 heterocycles. The van der Waals surface area contributed by atoms with E-state index in [0.29, 0.717) is 30.9 Å². The number of ether oxygens (including phenoxy) is 2. The normalized spacial score (nSPS) is 17.9. The topological polar surface area (TPSA) is 76.1 Å². The van der Waals surface area contributed by atoms with E-state index in [9.17, 15) is 14.7 Å². The van der Waals surface area contributed by atoms with Gasteiger partial charge < -0.3 is 19.5 Å². The number of carbonyl (C=O) groups excluding carboxylic acids is 2. The number of aliphatic hydroxyl groups excluding tert-OH is 1. The fourth-order valence-electron chi connectivity index (χ4n) is 3.95. The van der Waals surface area contributed by atoms with Gasteiger partial charge in [0.15, 0.2) is 0 Å². The molecule has 31 heavy (non-hydrogen) atoms. The lowest BCUT2D eigenvalue weighted by molar-refractivity contribution is -0.140. The maximum Gasteiger partial charge on any atom is 0.295 e. The van der Waals surface area contributed by atoms with Crippen molar-refractivity contribution < 1.29 is 24.2 Å². The van der Waals surface area contributed by atoms with E-state index in [1.54, 1.807) is 32.4 Å². The van der Waals surface area contributed by atoms with Crippen LogP contribution in [0.5, 0.6) is 5.75 Å². The standard InChI is InChI=1S/C25H29NO5/c1-5-17-7-9-18(10-8-17)22-21(24(28)25(29)26(22)13-6-14-30-3)23(27)20-12-11-19(31-4)15-16(20)2/h7-12,15,22,27H,5-6,13-14H2,1-4H3/b23-21+/t22-/m1/s1. The van der Waals surface area contributed by atoms with Crippen molar-refractivity contribution in [1.29, 1.82) is 0 Å². The van der Waals surface area contributed by atoms with Gasteiger partial charge in [-0.05, 0) is 54.7 Å². The highest BCUT2D eigenvalue weighted by Crippen LogP contribution is 2.40. The molecule has 6 nitrogen and oxygen atoms in total. The van der Waals surface area contributed by atoms with Crippen LogP contribution in [0.4, 0.5) is 0 Å². The van der Waals surface area contributed by atoms with Gasteiger partial charge in [0.25, 0.3) is 11.7 Å². The Morgan fingerprint density at radius 2 is 1.81 bits per heavy atom. The number of nitrogens with zero attached hydrogens (tertiary/aromatic N) is 1. The van der Waals surface area contributed by atoms with Crippen molar-refractivity contribution in [2.75, 3.05) is 27.4 Å². The summed E-state index contributed by atoms with van der Waals surface area (Å²) in [6.45, 7) is 4.73. The first-order valence-corrected chi connectivity index (χ1v) is 10.4. The molecule has 0 radical (unpaired) electrons. The molecule has 2 aromatic rings. The van der Waals surface area contributed by atoms with Crippen LogP contribution in [-0.2, 0) is 20.7 Å². The number of amides is 1. The van der Waals surface area contributed by atoms with Crippen LogP contribution in [0.3, 0.4) is 0 Å². The second-order valence-corrected chi connectivity index (χ2v) is 7.61. The zero-order valence-corrected chi connectivity index (χ0v) is 18.5. The Labute approximate surface area is 183 Å². The molecule has 1 atom stereocenters. The predicted octanol–water partition coefficient (Wildman–Crippen LogP) is 4.02. The Balaban J connectivity index is 2.13. The predicted molar refractivity (Wildman–Crippen MR) is 119 cm³/mol. The molecule has 1 aliphatic rings. The first kappa shape index (κ1) is 22.6. The summed E-state index contributed by atoms with van der Waals surface area (Å²) in [6, 6.07) is 12.4. The molecule has 1 N–H and O–H groups in total. The van der Waals surface area contributed by atoms with Crippen molar-refractivity contribution in [1.82, 2.24) is 4.90 Å². The molecule has 1 aliphatic heterocycles. The molecule has 1 amide bonds. The lowest BCUT2D eigenvalue weighted by Gasteiger charge is -2.25. The molecular weight excluding hydrogens is 394 g/mol. The van der Waals surface area contributed by atoms with Crippen molar-refractivity contribution >= 4 is 17.4 Å². The molecule has 0 aliphatic carbocycles. The number of hydrogen-bond acceptors (Lipinski definition) is 5. The Bertz CT molecular complexity index is 993. The number of Topliss-reactive ketones (excluding diaryl/α,β-unsaturated/α-hetero) is 1. The smallest absolute Gasteiger partial charge is 0.295 e. The largest absolute Gasteiger partial charge is 0.507 e. The minimum Gasteiger partial charge on any atom is -0.507 e. The third-order valence-corrected chi connectivity index (χ3v) is 5.68. The van der Waals surface area contributed by atoms with Gasteiger partial charge in [0.05, 0.1) is 18.7 Å². The monoisotopic (exact) mass is 423 g/mol. The lowest BCUT2D eigenvalue weighted by atomic mass is 9.93. The highest BCUT2D eigenvalue weighted by Gasteiger charge is 2.45. The van der Waals surface area contributed by atoms with Crippen molar-refractivity contribution in [2.45, 2.75) is 32.7 Å². The van der Waals surface area contributed by atoms with Crippen LogP contribution in [0.25, 0.3) is 5.76 Å². The van der Waals surface area contributed by atoms with Crippen LogP contribution in [0.2, 0.25) is 0 Å². The number of rotatable bonds is 8. The third-order valence-electron chi connectivity index (χ3n) is 5.68. The molecule has 0 unspecified atom stereocenters. The second-order valence-electron chi connectivity index (χ2n) is 7.61. The van der Waals surface area contributed by atoms with Crippen LogP contribution < -0.4 is 4.74 Å². The average Bonchev–Trinajstić information content (AvgIpc) is 3.03. The number of likely N-dealkylation sites (tertiary alicyclic amines) is 1. The van der Waals surface area contributed by atoms with Gasteiger partial charge >= 0.3 is 0 Å². The second kappa shape index (κ2) is 9.79. The van der Waals surface area contributed by atoms with Gasteiger partial charge in [-0.3, -0.25) is 9.59 Å². The van der Waals surface area contributed by atoms with E-state index in [-0.39, 0.29) is 11.3 Å². The number of aliphatic hydroxyl groups is 1. The molecule has 3 rings (SSSR count). The Kier molecular flexibility index (Phi) is 7.13. The van der Waals surface area contributed by atoms with E-state index in [1.165, 1.54) is 4.90 Å². The Morgan fingerprint density at radius 3 is 2.39 bits per heavy atom. The highest BCUT2D eigenvalue weighted by atomic mass is 16.5. The van der Waals surface area contributed by atoms with Crippen LogP contribution in [0.15, 0.2) is 48.0 Å². The Hall–Kier alpha value is -3.12. The summed E-state index contributed by atoms with van der Waals surface area (Å²) in [4.78, 5) is 27.5. The van der Waals surface area contributed by atoms with E-state index >= 15 is 0 Å². The molecule has 1 saturated heterocycles. The first-order valence-electron chi connectivity index (χ1n) is 10.4. The molecule has 2 aromatic carbocycles.